The minimum atomic E-state index is -0.269. The highest BCUT2D eigenvalue weighted by Gasteiger charge is 2.14. The van der Waals surface area contributed by atoms with Crippen molar-refractivity contribution in [2.24, 2.45) is 0 Å². The fourth-order valence-corrected chi connectivity index (χ4v) is 2.76. The van der Waals surface area contributed by atoms with Gasteiger partial charge in [-0.25, -0.2) is 0 Å². The number of amides is 1. The van der Waals surface area contributed by atoms with Crippen LogP contribution < -0.4 is 10.1 Å². The first-order valence-corrected chi connectivity index (χ1v) is 8.58. The molecule has 0 fully saturated rings. The van der Waals surface area contributed by atoms with Crippen LogP contribution in [0.1, 0.15) is 5.56 Å². The number of nitriles is 1. The van der Waals surface area contributed by atoms with Crippen LogP contribution in [0, 0.1) is 11.3 Å². The van der Waals surface area contributed by atoms with Gasteiger partial charge in [0.1, 0.15) is 11.8 Å². The molecule has 1 aromatic heterocycles. The number of ether oxygens (including phenoxy) is 1. The van der Waals surface area contributed by atoms with E-state index in [1.807, 2.05) is 24.3 Å². The Morgan fingerprint density at radius 1 is 1.23 bits per heavy atom. The Morgan fingerprint density at radius 3 is 2.81 bits per heavy atom. The molecule has 0 aliphatic carbocycles. The number of carbonyl (C=O) groups excluding carboxylic acids is 1. The maximum Gasteiger partial charge on any atom is 0.277 e. The van der Waals surface area contributed by atoms with Crippen LogP contribution in [0.25, 0.3) is 11.5 Å². The maximum atomic E-state index is 12.1. The fraction of sp³-hybridized carbons (Fsp3) is 0.111. The van der Waals surface area contributed by atoms with E-state index in [1.54, 1.807) is 37.4 Å². The molecule has 0 aliphatic rings. The van der Waals surface area contributed by atoms with E-state index in [9.17, 15) is 4.79 Å². The molecule has 0 spiro atoms. The second-order valence-corrected chi connectivity index (χ2v) is 5.99. The number of thioether (sulfide) groups is 1. The van der Waals surface area contributed by atoms with Crippen LogP contribution >= 0.6 is 11.8 Å². The van der Waals surface area contributed by atoms with Crippen LogP contribution in [0.2, 0.25) is 0 Å². The maximum absolute atomic E-state index is 12.1. The molecule has 0 aliphatic heterocycles. The van der Waals surface area contributed by atoms with Crippen molar-refractivity contribution >= 4 is 23.4 Å². The number of nitrogens with zero attached hydrogens (tertiary/aromatic N) is 3. The van der Waals surface area contributed by atoms with Gasteiger partial charge in [0.15, 0.2) is 0 Å². The standard InChI is InChI=1S/C18H14N4O3S/c1-24-15-9-5-3-7-13(15)17-21-22-18(25-17)26-11-16(23)20-14-8-4-2-6-12(14)10-19/h2-9H,11H2,1H3,(H,20,23). The molecule has 0 saturated carbocycles. The first kappa shape index (κ1) is 17.5. The number of hydrogen-bond donors (Lipinski definition) is 1. The fourth-order valence-electron chi connectivity index (χ4n) is 2.20. The van der Waals surface area contributed by atoms with E-state index in [-0.39, 0.29) is 16.9 Å². The number of aromatic nitrogens is 2. The average molecular weight is 366 g/mol. The molecule has 0 unspecified atom stereocenters. The van der Waals surface area contributed by atoms with Gasteiger partial charge in [-0.1, -0.05) is 36.0 Å². The van der Waals surface area contributed by atoms with Crippen molar-refractivity contribution in [3.63, 3.8) is 0 Å². The van der Waals surface area contributed by atoms with E-state index in [0.717, 1.165) is 11.8 Å². The lowest BCUT2D eigenvalue weighted by Crippen LogP contribution is -2.14. The molecule has 7 nitrogen and oxygen atoms in total. The largest absolute Gasteiger partial charge is 0.496 e. The number of nitrogens with one attached hydrogen (secondary N) is 1. The van der Waals surface area contributed by atoms with Gasteiger partial charge in [0.25, 0.3) is 11.1 Å². The van der Waals surface area contributed by atoms with Crippen LogP contribution in [-0.2, 0) is 4.79 Å². The highest BCUT2D eigenvalue weighted by atomic mass is 32.2. The Kier molecular flexibility index (Phi) is 5.51. The van der Waals surface area contributed by atoms with Crippen molar-refractivity contribution in [3.05, 3.63) is 54.1 Å². The highest BCUT2D eigenvalue weighted by molar-refractivity contribution is 7.99. The Morgan fingerprint density at radius 2 is 2.00 bits per heavy atom. The average Bonchev–Trinajstić information content (AvgIpc) is 3.15. The third-order valence-corrected chi connectivity index (χ3v) is 4.21. The summed E-state index contributed by atoms with van der Waals surface area (Å²) in [5.74, 6) is 0.751. The smallest absolute Gasteiger partial charge is 0.277 e. The van der Waals surface area contributed by atoms with Gasteiger partial charge in [0.05, 0.1) is 29.7 Å². The lowest BCUT2D eigenvalue weighted by Gasteiger charge is -2.05. The first-order chi connectivity index (χ1) is 12.7. The summed E-state index contributed by atoms with van der Waals surface area (Å²) in [5, 5.41) is 19.9. The summed E-state index contributed by atoms with van der Waals surface area (Å²) in [7, 11) is 1.56. The molecule has 2 aromatic carbocycles. The summed E-state index contributed by atoms with van der Waals surface area (Å²) in [6.07, 6.45) is 0. The quantitative estimate of drug-likeness (QED) is 0.668. The van der Waals surface area contributed by atoms with Gasteiger partial charge < -0.3 is 14.5 Å². The molecule has 26 heavy (non-hydrogen) atoms. The molecule has 130 valence electrons. The van der Waals surface area contributed by atoms with E-state index in [0.29, 0.717) is 28.5 Å². The molecule has 3 aromatic rings. The summed E-state index contributed by atoms with van der Waals surface area (Å²) in [6.45, 7) is 0. The van der Waals surface area contributed by atoms with Crippen molar-refractivity contribution in [1.29, 1.82) is 5.26 Å². The second kappa shape index (κ2) is 8.18. The molecule has 3 rings (SSSR count). The third kappa shape index (κ3) is 4.02. The molecule has 1 N–H and O–H groups in total. The molecule has 0 saturated heterocycles. The van der Waals surface area contributed by atoms with Gasteiger partial charge >= 0.3 is 0 Å². The van der Waals surface area contributed by atoms with Crippen molar-refractivity contribution < 1.29 is 13.9 Å². The summed E-state index contributed by atoms with van der Waals surface area (Å²) in [6, 6.07) is 16.1. The van der Waals surface area contributed by atoms with Gasteiger partial charge in [-0.15, -0.1) is 10.2 Å². The van der Waals surface area contributed by atoms with Gasteiger partial charge in [0.2, 0.25) is 5.91 Å². The second-order valence-electron chi connectivity index (χ2n) is 5.07. The monoisotopic (exact) mass is 366 g/mol. The molecule has 1 amide bonds. The van der Waals surface area contributed by atoms with Crippen LogP contribution in [-0.4, -0.2) is 29.0 Å². The SMILES string of the molecule is COc1ccccc1-c1nnc(SCC(=O)Nc2ccccc2C#N)o1. The summed E-state index contributed by atoms with van der Waals surface area (Å²) >= 11 is 1.11. The number of hydrogen-bond acceptors (Lipinski definition) is 7. The zero-order valence-electron chi connectivity index (χ0n) is 13.8. The van der Waals surface area contributed by atoms with Crippen LogP contribution in [0.5, 0.6) is 5.75 Å². The summed E-state index contributed by atoms with van der Waals surface area (Å²) < 4.78 is 10.9. The van der Waals surface area contributed by atoms with Gasteiger partial charge in [0, 0.05) is 0 Å². The number of anilines is 1. The molecular formula is C18H14N4O3S. The summed E-state index contributed by atoms with van der Waals surface area (Å²) in [5.41, 5.74) is 1.56. The zero-order valence-corrected chi connectivity index (χ0v) is 14.6. The van der Waals surface area contributed by atoms with E-state index in [2.05, 4.69) is 15.5 Å². The minimum Gasteiger partial charge on any atom is -0.496 e. The number of carbonyl (C=O) groups is 1. The predicted octanol–water partition coefficient (Wildman–Crippen LogP) is 3.35. The minimum absolute atomic E-state index is 0.0767. The molecule has 1 heterocycles. The van der Waals surface area contributed by atoms with Crippen LogP contribution in [0.15, 0.2) is 58.2 Å². The molecule has 0 bridgehead atoms. The van der Waals surface area contributed by atoms with Gasteiger partial charge in [-0.3, -0.25) is 4.79 Å². The molecule has 8 heteroatoms. The zero-order chi connectivity index (χ0) is 18.4. The third-order valence-electron chi connectivity index (χ3n) is 3.39. The van der Waals surface area contributed by atoms with Crippen molar-refractivity contribution in [2.75, 3.05) is 18.2 Å². The lowest BCUT2D eigenvalue weighted by atomic mass is 10.2. The highest BCUT2D eigenvalue weighted by Crippen LogP contribution is 2.30. The van der Waals surface area contributed by atoms with Crippen molar-refractivity contribution in [1.82, 2.24) is 10.2 Å². The normalized spacial score (nSPS) is 10.2. The van der Waals surface area contributed by atoms with Gasteiger partial charge in [-0.05, 0) is 24.3 Å². The van der Waals surface area contributed by atoms with Crippen molar-refractivity contribution in [2.45, 2.75) is 5.22 Å². The van der Waals surface area contributed by atoms with E-state index in [4.69, 9.17) is 14.4 Å². The number of rotatable bonds is 6. The number of benzene rings is 2. The lowest BCUT2D eigenvalue weighted by molar-refractivity contribution is -0.113. The van der Waals surface area contributed by atoms with Gasteiger partial charge in [-0.2, -0.15) is 5.26 Å². The van der Waals surface area contributed by atoms with Crippen LogP contribution in [0.4, 0.5) is 5.69 Å². The van der Waals surface area contributed by atoms with Crippen molar-refractivity contribution in [3.8, 4) is 23.3 Å². The van der Waals surface area contributed by atoms with E-state index in [1.165, 1.54) is 0 Å². The summed E-state index contributed by atoms with van der Waals surface area (Å²) in [4.78, 5) is 12.1. The number of methoxy groups -OCH3 is 1. The Balaban J connectivity index is 1.63. The first-order valence-electron chi connectivity index (χ1n) is 7.60. The Labute approximate surface area is 154 Å². The Hall–Kier alpha value is -3.31. The molecular weight excluding hydrogens is 352 g/mol. The molecule has 0 atom stereocenters. The van der Waals surface area contributed by atoms with E-state index < -0.39 is 0 Å². The Bertz CT molecular complexity index is 965. The number of para-hydroxylation sites is 2. The van der Waals surface area contributed by atoms with E-state index >= 15 is 0 Å². The van der Waals surface area contributed by atoms with Crippen LogP contribution in [0.3, 0.4) is 0 Å². The topological polar surface area (TPSA) is 101 Å². The predicted molar refractivity (Wildman–Crippen MR) is 96.8 cm³/mol. The molecule has 0 radical (unpaired) electrons.